The minimum Gasteiger partial charge on any atom is -0.344 e. The lowest BCUT2D eigenvalue weighted by molar-refractivity contribution is 0.627. The second-order valence-electron chi connectivity index (χ2n) is 4.21. The van der Waals surface area contributed by atoms with Crippen LogP contribution in [0.4, 0.5) is 4.39 Å². The first-order valence-corrected chi connectivity index (χ1v) is 6.13. The zero-order valence-electron chi connectivity index (χ0n) is 10.3. The fourth-order valence-corrected chi connectivity index (χ4v) is 1.92. The number of halogens is 2. The molecule has 1 aromatic heterocycles. The Morgan fingerprint density at radius 3 is 2.94 bits per heavy atom. The average molecular weight is 268 g/mol. The minimum atomic E-state index is -0.326. The first-order chi connectivity index (χ1) is 8.60. The molecule has 2 rings (SSSR count). The van der Waals surface area contributed by atoms with E-state index in [9.17, 15) is 4.39 Å². The highest BCUT2D eigenvalue weighted by Crippen LogP contribution is 2.20. The zero-order chi connectivity index (χ0) is 13.1. The molecule has 96 valence electrons. The summed E-state index contributed by atoms with van der Waals surface area (Å²) in [5, 5.41) is 3.56. The van der Waals surface area contributed by atoms with E-state index in [0.29, 0.717) is 11.4 Å². The zero-order valence-corrected chi connectivity index (χ0v) is 11.1. The van der Waals surface area contributed by atoms with Crippen molar-refractivity contribution in [2.45, 2.75) is 19.4 Å². The van der Waals surface area contributed by atoms with Crippen LogP contribution in [0.5, 0.6) is 0 Å². The van der Waals surface area contributed by atoms with Gasteiger partial charge in [0.15, 0.2) is 0 Å². The van der Waals surface area contributed by atoms with Crippen molar-refractivity contribution in [1.29, 1.82) is 0 Å². The number of benzene rings is 1. The van der Waals surface area contributed by atoms with E-state index in [1.54, 1.807) is 12.3 Å². The third-order valence-electron chi connectivity index (χ3n) is 2.92. The molecule has 0 fully saturated rings. The van der Waals surface area contributed by atoms with Crippen molar-refractivity contribution in [2.75, 3.05) is 7.05 Å². The molecule has 0 aliphatic heterocycles. The Morgan fingerprint density at radius 2 is 2.28 bits per heavy atom. The first kappa shape index (κ1) is 13.1. The van der Waals surface area contributed by atoms with E-state index < -0.39 is 0 Å². The number of nitrogens with one attached hydrogen (secondary N) is 2. The fraction of sp³-hybridized carbons (Fsp3) is 0.308. The molecule has 2 aromatic rings. The molecule has 0 amide bonds. The van der Waals surface area contributed by atoms with Crippen molar-refractivity contribution >= 4 is 11.6 Å². The SMILES string of the molecule is CNC(C)c1cnc(Cc2ccc(F)cc2Cl)[nH]1. The second-order valence-corrected chi connectivity index (χ2v) is 4.62. The molecular formula is C13H15ClFN3. The molecule has 5 heteroatoms. The summed E-state index contributed by atoms with van der Waals surface area (Å²) in [5.74, 6) is 0.494. The number of hydrogen-bond donors (Lipinski definition) is 2. The lowest BCUT2D eigenvalue weighted by Crippen LogP contribution is -2.12. The van der Waals surface area contributed by atoms with E-state index in [-0.39, 0.29) is 11.9 Å². The molecule has 1 aromatic carbocycles. The van der Waals surface area contributed by atoms with Crippen molar-refractivity contribution in [1.82, 2.24) is 15.3 Å². The maximum atomic E-state index is 12.9. The van der Waals surface area contributed by atoms with Gasteiger partial charge in [-0.1, -0.05) is 17.7 Å². The van der Waals surface area contributed by atoms with Gasteiger partial charge in [0.2, 0.25) is 0 Å². The van der Waals surface area contributed by atoms with Gasteiger partial charge in [0.05, 0.1) is 5.69 Å². The van der Waals surface area contributed by atoms with Crippen molar-refractivity contribution in [3.05, 3.63) is 52.3 Å². The highest BCUT2D eigenvalue weighted by molar-refractivity contribution is 6.31. The van der Waals surface area contributed by atoms with Gasteiger partial charge in [-0.05, 0) is 31.7 Å². The van der Waals surface area contributed by atoms with Gasteiger partial charge in [-0.15, -0.1) is 0 Å². The molecule has 1 heterocycles. The highest BCUT2D eigenvalue weighted by Gasteiger charge is 2.09. The van der Waals surface area contributed by atoms with Crippen LogP contribution in [-0.2, 0) is 6.42 Å². The van der Waals surface area contributed by atoms with Gasteiger partial charge in [-0.2, -0.15) is 0 Å². The van der Waals surface area contributed by atoms with Gasteiger partial charge in [0.1, 0.15) is 11.6 Å². The van der Waals surface area contributed by atoms with Gasteiger partial charge >= 0.3 is 0 Å². The Hall–Kier alpha value is -1.39. The normalized spacial score (nSPS) is 12.7. The Labute approximate surface area is 110 Å². The fourth-order valence-electron chi connectivity index (χ4n) is 1.69. The van der Waals surface area contributed by atoms with Crippen LogP contribution < -0.4 is 5.32 Å². The van der Waals surface area contributed by atoms with Gasteiger partial charge < -0.3 is 10.3 Å². The molecule has 3 nitrogen and oxygen atoms in total. The third kappa shape index (κ3) is 2.89. The van der Waals surface area contributed by atoms with Crippen LogP contribution in [0.1, 0.15) is 30.0 Å². The molecule has 0 bridgehead atoms. The number of hydrogen-bond acceptors (Lipinski definition) is 2. The maximum Gasteiger partial charge on any atom is 0.124 e. The van der Waals surface area contributed by atoms with E-state index in [2.05, 4.69) is 15.3 Å². The molecule has 1 atom stereocenters. The smallest absolute Gasteiger partial charge is 0.124 e. The number of aromatic amines is 1. The largest absolute Gasteiger partial charge is 0.344 e. The molecule has 0 aliphatic rings. The summed E-state index contributed by atoms with van der Waals surface area (Å²) in [6.07, 6.45) is 2.36. The van der Waals surface area contributed by atoms with E-state index in [0.717, 1.165) is 17.1 Å². The Bertz CT molecular complexity index is 539. The molecule has 2 N–H and O–H groups in total. The molecule has 18 heavy (non-hydrogen) atoms. The van der Waals surface area contributed by atoms with Crippen LogP contribution in [0.3, 0.4) is 0 Å². The van der Waals surface area contributed by atoms with E-state index >= 15 is 0 Å². The molecule has 0 spiro atoms. The number of rotatable bonds is 4. The van der Waals surface area contributed by atoms with Crippen LogP contribution in [0.15, 0.2) is 24.4 Å². The van der Waals surface area contributed by atoms with E-state index in [1.165, 1.54) is 12.1 Å². The number of aromatic nitrogens is 2. The minimum absolute atomic E-state index is 0.218. The van der Waals surface area contributed by atoms with Crippen LogP contribution in [0, 0.1) is 5.82 Å². The number of nitrogens with zero attached hydrogens (tertiary/aromatic N) is 1. The number of imidazole rings is 1. The Balaban J connectivity index is 2.16. The summed E-state index contributed by atoms with van der Waals surface area (Å²) in [4.78, 5) is 7.52. The van der Waals surface area contributed by atoms with Crippen molar-refractivity contribution in [3.8, 4) is 0 Å². The van der Waals surface area contributed by atoms with E-state index in [1.807, 2.05) is 14.0 Å². The standard InChI is InChI=1S/C13H15ClFN3/c1-8(16-2)12-7-17-13(18-12)5-9-3-4-10(15)6-11(9)14/h3-4,6-8,16H,5H2,1-2H3,(H,17,18). The highest BCUT2D eigenvalue weighted by atomic mass is 35.5. The summed E-state index contributed by atoms with van der Waals surface area (Å²) in [5.41, 5.74) is 1.88. The summed E-state index contributed by atoms with van der Waals surface area (Å²) in [7, 11) is 1.89. The monoisotopic (exact) mass is 267 g/mol. The summed E-state index contributed by atoms with van der Waals surface area (Å²) in [6, 6.07) is 4.62. The van der Waals surface area contributed by atoms with E-state index in [4.69, 9.17) is 11.6 Å². The first-order valence-electron chi connectivity index (χ1n) is 5.75. The van der Waals surface area contributed by atoms with Crippen LogP contribution in [-0.4, -0.2) is 17.0 Å². The molecule has 1 unspecified atom stereocenters. The number of H-pyrrole nitrogens is 1. The van der Waals surface area contributed by atoms with Gasteiger partial charge in [-0.25, -0.2) is 9.37 Å². The molecule has 0 saturated carbocycles. The summed E-state index contributed by atoms with van der Waals surface area (Å²) < 4.78 is 12.9. The Kier molecular flexibility index (Phi) is 3.99. The third-order valence-corrected chi connectivity index (χ3v) is 3.27. The van der Waals surface area contributed by atoms with Crippen LogP contribution >= 0.6 is 11.6 Å². The van der Waals surface area contributed by atoms with Crippen LogP contribution in [0.25, 0.3) is 0 Å². The van der Waals surface area contributed by atoms with Crippen molar-refractivity contribution < 1.29 is 4.39 Å². The average Bonchev–Trinajstić information content (AvgIpc) is 2.80. The lowest BCUT2D eigenvalue weighted by Gasteiger charge is -2.06. The summed E-state index contributed by atoms with van der Waals surface area (Å²) in [6.45, 7) is 2.04. The lowest BCUT2D eigenvalue weighted by atomic mass is 10.1. The van der Waals surface area contributed by atoms with Crippen LogP contribution in [0.2, 0.25) is 5.02 Å². The summed E-state index contributed by atoms with van der Waals surface area (Å²) >= 11 is 5.98. The predicted octanol–water partition coefficient (Wildman–Crippen LogP) is 3.07. The quantitative estimate of drug-likeness (QED) is 0.894. The Morgan fingerprint density at radius 1 is 1.50 bits per heavy atom. The molecule has 0 saturated heterocycles. The second kappa shape index (κ2) is 5.50. The van der Waals surface area contributed by atoms with Crippen molar-refractivity contribution in [3.63, 3.8) is 0 Å². The topological polar surface area (TPSA) is 40.7 Å². The molecular weight excluding hydrogens is 253 g/mol. The van der Waals surface area contributed by atoms with Gasteiger partial charge in [-0.3, -0.25) is 0 Å². The molecule has 0 radical (unpaired) electrons. The van der Waals surface area contributed by atoms with Crippen molar-refractivity contribution in [2.24, 2.45) is 0 Å². The predicted molar refractivity (Wildman–Crippen MR) is 70.3 cm³/mol. The maximum absolute atomic E-state index is 12.9. The molecule has 0 aliphatic carbocycles. The van der Waals surface area contributed by atoms with Gasteiger partial charge in [0, 0.05) is 23.7 Å². The van der Waals surface area contributed by atoms with Gasteiger partial charge in [0.25, 0.3) is 0 Å².